The van der Waals surface area contributed by atoms with E-state index < -0.39 is 18.3 Å². The number of rotatable bonds is 8. The molecular formula is C19H18F3N5O3. The number of pyridine rings is 2. The van der Waals surface area contributed by atoms with Crippen LogP contribution in [0.15, 0.2) is 30.6 Å². The largest absolute Gasteiger partial charge is 0.481 e. The summed E-state index contributed by atoms with van der Waals surface area (Å²) in [6.07, 6.45) is 1.30. The molecule has 1 aliphatic rings. The molecule has 1 amide bonds. The summed E-state index contributed by atoms with van der Waals surface area (Å²) in [6.45, 7) is -1.16. The number of amides is 1. The molecule has 4 rings (SSSR count). The van der Waals surface area contributed by atoms with Crippen LogP contribution < -0.4 is 14.8 Å². The van der Waals surface area contributed by atoms with Gasteiger partial charge >= 0.3 is 6.18 Å². The van der Waals surface area contributed by atoms with Gasteiger partial charge in [-0.2, -0.15) is 23.3 Å². The van der Waals surface area contributed by atoms with Gasteiger partial charge < -0.3 is 14.8 Å². The molecular weight excluding hydrogens is 403 g/mol. The number of carbonyl (C=O) groups is 1. The highest BCUT2D eigenvalue weighted by atomic mass is 19.4. The zero-order valence-electron chi connectivity index (χ0n) is 15.9. The van der Waals surface area contributed by atoms with Crippen molar-refractivity contribution >= 4 is 17.3 Å². The molecule has 0 bridgehead atoms. The SMILES string of the molecule is COc1nc(OCC(F)(F)F)ccc1Cn1cc2c(C3(NC=O)CC3)nccc2n1. The van der Waals surface area contributed by atoms with E-state index >= 15 is 0 Å². The summed E-state index contributed by atoms with van der Waals surface area (Å²) in [5, 5.41) is 8.20. The molecule has 0 radical (unpaired) electrons. The molecule has 0 spiro atoms. The number of carbonyl (C=O) groups excluding carboxylic acids is 1. The Morgan fingerprint density at radius 3 is 2.77 bits per heavy atom. The third-order valence-corrected chi connectivity index (χ3v) is 4.84. The molecule has 3 aromatic rings. The lowest BCUT2D eigenvalue weighted by Gasteiger charge is -2.13. The van der Waals surface area contributed by atoms with Crippen LogP contribution in [0.3, 0.4) is 0 Å². The number of fused-ring (bicyclic) bond motifs is 1. The molecule has 1 N–H and O–H groups in total. The minimum Gasteiger partial charge on any atom is -0.481 e. The maximum absolute atomic E-state index is 12.3. The first-order chi connectivity index (χ1) is 14.3. The molecule has 0 saturated heterocycles. The monoisotopic (exact) mass is 421 g/mol. The first-order valence-electron chi connectivity index (χ1n) is 9.11. The predicted octanol–water partition coefficient (Wildman–Crippen LogP) is 2.56. The third-order valence-electron chi connectivity index (χ3n) is 4.84. The summed E-state index contributed by atoms with van der Waals surface area (Å²) in [6, 6.07) is 4.71. The maximum Gasteiger partial charge on any atom is 0.422 e. The van der Waals surface area contributed by atoms with E-state index in [9.17, 15) is 18.0 Å². The molecule has 1 saturated carbocycles. The first kappa shape index (κ1) is 19.9. The van der Waals surface area contributed by atoms with E-state index in [0.29, 0.717) is 12.0 Å². The number of methoxy groups -OCH3 is 1. The average molecular weight is 421 g/mol. The van der Waals surface area contributed by atoms with Crippen LogP contribution in [0, 0.1) is 0 Å². The van der Waals surface area contributed by atoms with Gasteiger partial charge in [0.15, 0.2) is 6.61 Å². The van der Waals surface area contributed by atoms with Gasteiger partial charge in [-0.25, -0.2) is 0 Å². The summed E-state index contributed by atoms with van der Waals surface area (Å²) in [5.41, 5.74) is 1.65. The Bertz CT molecular complexity index is 1080. The summed E-state index contributed by atoms with van der Waals surface area (Å²) >= 11 is 0. The number of ether oxygens (including phenoxy) is 2. The molecule has 0 atom stereocenters. The van der Waals surface area contributed by atoms with E-state index in [1.807, 2.05) is 6.20 Å². The van der Waals surface area contributed by atoms with Crippen molar-refractivity contribution in [1.82, 2.24) is 25.1 Å². The van der Waals surface area contributed by atoms with Gasteiger partial charge in [-0.15, -0.1) is 0 Å². The maximum atomic E-state index is 12.3. The second-order valence-corrected chi connectivity index (χ2v) is 6.99. The Morgan fingerprint density at radius 1 is 1.30 bits per heavy atom. The fourth-order valence-corrected chi connectivity index (χ4v) is 3.30. The van der Waals surface area contributed by atoms with Gasteiger partial charge in [0, 0.05) is 29.4 Å². The first-order valence-corrected chi connectivity index (χ1v) is 9.11. The zero-order valence-corrected chi connectivity index (χ0v) is 15.9. The van der Waals surface area contributed by atoms with Gasteiger partial charge in [0.25, 0.3) is 0 Å². The highest BCUT2D eigenvalue weighted by molar-refractivity contribution is 5.82. The molecule has 11 heteroatoms. The van der Waals surface area contributed by atoms with Crippen LogP contribution in [0.1, 0.15) is 24.1 Å². The number of hydrogen-bond acceptors (Lipinski definition) is 6. The van der Waals surface area contributed by atoms with Gasteiger partial charge in [0.05, 0.1) is 30.4 Å². The highest BCUT2D eigenvalue weighted by Crippen LogP contribution is 2.46. The summed E-state index contributed by atoms with van der Waals surface area (Å²) in [5.74, 6) is -0.0329. The average Bonchev–Trinajstić information content (AvgIpc) is 3.36. The minimum atomic E-state index is -4.45. The highest BCUT2D eigenvalue weighted by Gasteiger charge is 2.46. The summed E-state index contributed by atoms with van der Waals surface area (Å²) < 4.78 is 48.6. The van der Waals surface area contributed by atoms with Crippen LogP contribution in [0.25, 0.3) is 10.9 Å². The van der Waals surface area contributed by atoms with Crippen LogP contribution in [-0.2, 0) is 16.9 Å². The zero-order chi connectivity index (χ0) is 21.4. The van der Waals surface area contributed by atoms with Gasteiger partial charge in [-0.1, -0.05) is 0 Å². The van der Waals surface area contributed by atoms with Gasteiger partial charge in [-0.05, 0) is 25.0 Å². The van der Waals surface area contributed by atoms with Crippen molar-refractivity contribution in [1.29, 1.82) is 0 Å². The number of alkyl halides is 3. The smallest absolute Gasteiger partial charge is 0.422 e. The van der Waals surface area contributed by atoms with Crippen molar-refractivity contribution in [2.24, 2.45) is 0 Å². The third kappa shape index (κ3) is 4.00. The van der Waals surface area contributed by atoms with E-state index in [1.165, 1.54) is 13.2 Å². The molecule has 1 aliphatic carbocycles. The lowest BCUT2D eigenvalue weighted by atomic mass is 10.1. The van der Waals surface area contributed by atoms with Crippen molar-refractivity contribution in [3.05, 3.63) is 41.9 Å². The number of hydrogen-bond donors (Lipinski definition) is 1. The van der Waals surface area contributed by atoms with E-state index in [2.05, 4.69) is 25.1 Å². The van der Waals surface area contributed by atoms with Gasteiger partial charge in [0.2, 0.25) is 18.2 Å². The van der Waals surface area contributed by atoms with Crippen molar-refractivity contribution in [2.45, 2.75) is 31.1 Å². The van der Waals surface area contributed by atoms with Crippen LogP contribution in [0.4, 0.5) is 13.2 Å². The number of aromatic nitrogens is 4. The van der Waals surface area contributed by atoms with Crippen molar-refractivity contribution < 1.29 is 27.4 Å². The molecule has 0 unspecified atom stereocenters. The van der Waals surface area contributed by atoms with E-state index in [1.54, 1.807) is 23.0 Å². The Hall–Kier alpha value is -3.37. The van der Waals surface area contributed by atoms with Gasteiger partial charge in [-0.3, -0.25) is 14.5 Å². The standard InChI is InChI=1S/C19H18F3N5O3/c1-29-17-12(2-3-15(25-17)30-10-19(20,21)22)8-27-9-13-14(26-27)4-7-23-16(13)18(5-6-18)24-11-28/h2-4,7,9,11H,5-6,8,10H2,1H3,(H,24,28). The molecule has 8 nitrogen and oxygen atoms in total. The predicted molar refractivity (Wildman–Crippen MR) is 99.1 cm³/mol. The summed E-state index contributed by atoms with van der Waals surface area (Å²) in [4.78, 5) is 19.4. The van der Waals surface area contributed by atoms with Crippen LogP contribution in [0.5, 0.6) is 11.8 Å². The van der Waals surface area contributed by atoms with Crippen LogP contribution in [0.2, 0.25) is 0 Å². The lowest BCUT2D eigenvalue weighted by molar-refractivity contribution is -0.154. The Kier molecular flexibility index (Phi) is 4.96. The van der Waals surface area contributed by atoms with Gasteiger partial charge in [0.1, 0.15) is 0 Å². The second kappa shape index (κ2) is 7.47. The normalized spacial score (nSPS) is 15.1. The quantitative estimate of drug-likeness (QED) is 0.562. The number of nitrogens with one attached hydrogen (secondary N) is 1. The second-order valence-electron chi connectivity index (χ2n) is 6.99. The molecule has 3 heterocycles. The molecule has 1 fully saturated rings. The molecule has 158 valence electrons. The fraction of sp³-hybridized carbons (Fsp3) is 0.368. The molecule has 0 aliphatic heterocycles. The number of nitrogens with zero attached hydrogens (tertiary/aromatic N) is 4. The molecule has 30 heavy (non-hydrogen) atoms. The Morgan fingerprint density at radius 2 is 2.10 bits per heavy atom. The van der Waals surface area contributed by atoms with E-state index in [-0.39, 0.29) is 18.3 Å². The minimum absolute atomic E-state index is 0.147. The lowest BCUT2D eigenvalue weighted by Crippen LogP contribution is -2.28. The Labute approximate surface area is 169 Å². The Balaban J connectivity index is 1.59. The van der Waals surface area contributed by atoms with Crippen molar-refractivity contribution in [3.63, 3.8) is 0 Å². The van der Waals surface area contributed by atoms with Crippen LogP contribution >= 0.6 is 0 Å². The van der Waals surface area contributed by atoms with Crippen molar-refractivity contribution in [2.75, 3.05) is 13.7 Å². The van der Waals surface area contributed by atoms with Crippen LogP contribution in [-0.4, -0.2) is 46.1 Å². The van der Waals surface area contributed by atoms with E-state index in [0.717, 1.165) is 29.4 Å². The van der Waals surface area contributed by atoms with E-state index in [4.69, 9.17) is 4.74 Å². The molecule has 0 aromatic carbocycles. The molecule has 3 aromatic heterocycles. The fourth-order valence-electron chi connectivity index (χ4n) is 3.30. The summed E-state index contributed by atoms with van der Waals surface area (Å²) in [7, 11) is 1.38. The number of halogens is 3. The van der Waals surface area contributed by atoms with Crippen molar-refractivity contribution in [3.8, 4) is 11.8 Å². The topological polar surface area (TPSA) is 91.2 Å².